The van der Waals surface area contributed by atoms with Crippen LogP contribution in [0, 0.1) is 0 Å². The highest BCUT2D eigenvalue weighted by Gasteiger charge is 2.27. The number of aliphatic carboxylic acids is 1. The third kappa shape index (κ3) is 2.33. The topological polar surface area (TPSA) is 76.2 Å². The first-order valence-electron chi connectivity index (χ1n) is 5.09. The van der Waals surface area contributed by atoms with Gasteiger partial charge >= 0.3 is 5.97 Å². The summed E-state index contributed by atoms with van der Waals surface area (Å²) in [7, 11) is 0. The molecule has 0 spiro atoms. The maximum Gasteiger partial charge on any atom is 0.305 e. The van der Waals surface area contributed by atoms with Crippen LogP contribution in [-0.2, 0) is 4.79 Å². The van der Waals surface area contributed by atoms with E-state index in [0.29, 0.717) is 5.92 Å². The molecule has 2 rings (SSSR count). The molecule has 1 saturated carbocycles. The van der Waals surface area contributed by atoms with Crippen molar-refractivity contribution in [3.8, 4) is 0 Å². The summed E-state index contributed by atoms with van der Waals surface area (Å²) in [5.74, 6) is -0.295. The number of hydrogen-bond donors (Lipinski definition) is 2. The molecule has 0 aliphatic heterocycles. The molecule has 0 bridgehead atoms. The minimum absolute atomic E-state index is 0.0363. The number of nitrogens with zero attached hydrogens (tertiary/aromatic N) is 1. The molecule has 1 atom stereocenters. The van der Waals surface area contributed by atoms with Gasteiger partial charge < -0.3 is 10.8 Å². The number of rotatable bonds is 4. The summed E-state index contributed by atoms with van der Waals surface area (Å²) in [5, 5.41) is 8.69. The molecule has 1 aromatic heterocycles. The number of carboxylic acids is 1. The SMILES string of the molecule is NC(CC(=O)O)c1cnccc1C1CC1. The number of carboxylic acid groups (broad SMARTS) is 1. The third-order valence-corrected chi connectivity index (χ3v) is 2.70. The quantitative estimate of drug-likeness (QED) is 0.781. The van der Waals surface area contributed by atoms with Crippen LogP contribution in [0.4, 0.5) is 0 Å². The van der Waals surface area contributed by atoms with Gasteiger partial charge in [-0.3, -0.25) is 9.78 Å². The Balaban J connectivity index is 2.21. The zero-order valence-electron chi connectivity index (χ0n) is 8.39. The van der Waals surface area contributed by atoms with Crippen LogP contribution >= 0.6 is 0 Å². The Morgan fingerprint density at radius 1 is 1.67 bits per heavy atom. The van der Waals surface area contributed by atoms with Crippen molar-refractivity contribution in [2.24, 2.45) is 5.73 Å². The van der Waals surface area contributed by atoms with Crippen LogP contribution in [0.1, 0.15) is 42.3 Å². The van der Waals surface area contributed by atoms with Gasteiger partial charge in [0.2, 0.25) is 0 Å². The Kier molecular flexibility index (Phi) is 2.68. The highest BCUT2D eigenvalue weighted by Crippen LogP contribution is 2.42. The van der Waals surface area contributed by atoms with Crippen molar-refractivity contribution >= 4 is 5.97 Å². The lowest BCUT2D eigenvalue weighted by atomic mass is 9.98. The van der Waals surface area contributed by atoms with E-state index in [1.807, 2.05) is 6.07 Å². The van der Waals surface area contributed by atoms with Crippen molar-refractivity contribution in [3.05, 3.63) is 29.6 Å². The van der Waals surface area contributed by atoms with Crippen molar-refractivity contribution < 1.29 is 9.90 Å². The first-order chi connectivity index (χ1) is 7.18. The smallest absolute Gasteiger partial charge is 0.305 e. The lowest BCUT2D eigenvalue weighted by Gasteiger charge is -2.13. The van der Waals surface area contributed by atoms with Gasteiger partial charge in [0, 0.05) is 18.4 Å². The van der Waals surface area contributed by atoms with E-state index in [2.05, 4.69) is 4.98 Å². The fourth-order valence-electron chi connectivity index (χ4n) is 1.79. The summed E-state index contributed by atoms with van der Waals surface area (Å²) < 4.78 is 0. The Morgan fingerprint density at radius 3 is 3.00 bits per heavy atom. The van der Waals surface area contributed by atoms with Crippen LogP contribution in [0.3, 0.4) is 0 Å². The Morgan fingerprint density at radius 2 is 2.40 bits per heavy atom. The molecule has 4 nitrogen and oxygen atoms in total. The summed E-state index contributed by atoms with van der Waals surface area (Å²) >= 11 is 0. The van der Waals surface area contributed by atoms with Crippen LogP contribution in [0.25, 0.3) is 0 Å². The molecule has 3 N–H and O–H groups in total. The van der Waals surface area contributed by atoms with E-state index in [0.717, 1.165) is 5.56 Å². The number of pyridine rings is 1. The number of carbonyl (C=O) groups is 1. The van der Waals surface area contributed by atoms with Crippen LogP contribution in [0.15, 0.2) is 18.5 Å². The third-order valence-electron chi connectivity index (χ3n) is 2.70. The fraction of sp³-hybridized carbons (Fsp3) is 0.455. The first-order valence-corrected chi connectivity index (χ1v) is 5.09. The zero-order valence-corrected chi connectivity index (χ0v) is 8.39. The molecule has 4 heteroatoms. The Bertz CT molecular complexity index is 375. The molecular weight excluding hydrogens is 192 g/mol. The van der Waals surface area contributed by atoms with Gasteiger partial charge in [0.15, 0.2) is 0 Å². The minimum Gasteiger partial charge on any atom is -0.481 e. The molecule has 0 saturated heterocycles. The van der Waals surface area contributed by atoms with Gasteiger partial charge in [0.05, 0.1) is 6.42 Å². The van der Waals surface area contributed by atoms with E-state index in [4.69, 9.17) is 10.8 Å². The van der Waals surface area contributed by atoms with Crippen molar-refractivity contribution in [2.45, 2.75) is 31.2 Å². The molecule has 1 unspecified atom stereocenters. The molecule has 80 valence electrons. The lowest BCUT2D eigenvalue weighted by Crippen LogP contribution is -2.16. The lowest BCUT2D eigenvalue weighted by molar-refractivity contribution is -0.137. The van der Waals surface area contributed by atoms with Crippen LogP contribution < -0.4 is 5.73 Å². The molecule has 1 heterocycles. The average Bonchev–Trinajstić information content (AvgIpc) is 3.00. The molecule has 15 heavy (non-hydrogen) atoms. The predicted molar refractivity (Wildman–Crippen MR) is 55.4 cm³/mol. The normalized spacial score (nSPS) is 17.4. The van der Waals surface area contributed by atoms with E-state index in [1.165, 1.54) is 18.4 Å². The van der Waals surface area contributed by atoms with Gasteiger partial charge in [-0.2, -0.15) is 0 Å². The fourth-order valence-corrected chi connectivity index (χ4v) is 1.79. The highest BCUT2D eigenvalue weighted by molar-refractivity contribution is 5.68. The second kappa shape index (κ2) is 3.98. The van der Waals surface area contributed by atoms with Crippen LogP contribution in [-0.4, -0.2) is 16.1 Å². The Labute approximate surface area is 88.1 Å². The van der Waals surface area contributed by atoms with Crippen molar-refractivity contribution in [1.29, 1.82) is 0 Å². The van der Waals surface area contributed by atoms with Crippen molar-refractivity contribution in [2.75, 3.05) is 0 Å². The molecule has 1 fully saturated rings. The predicted octanol–water partition coefficient (Wildman–Crippen LogP) is 1.43. The van der Waals surface area contributed by atoms with Crippen LogP contribution in [0.5, 0.6) is 0 Å². The van der Waals surface area contributed by atoms with Gasteiger partial charge in [0.1, 0.15) is 0 Å². The van der Waals surface area contributed by atoms with E-state index >= 15 is 0 Å². The molecule has 1 aliphatic rings. The van der Waals surface area contributed by atoms with E-state index < -0.39 is 12.0 Å². The standard InChI is InChI=1S/C11H14N2O2/c12-10(5-11(14)15)9-6-13-4-3-8(9)7-1-2-7/h3-4,6-7,10H,1-2,5,12H2,(H,14,15). The monoisotopic (exact) mass is 206 g/mol. The second-order valence-electron chi connectivity index (χ2n) is 3.98. The maximum atomic E-state index is 10.6. The van der Waals surface area contributed by atoms with Crippen molar-refractivity contribution in [3.63, 3.8) is 0 Å². The van der Waals surface area contributed by atoms with Gasteiger partial charge in [-0.1, -0.05) is 0 Å². The maximum absolute atomic E-state index is 10.6. The van der Waals surface area contributed by atoms with Crippen LogP contribution in [0.2, 0.25) is 0 Å². The van der Waals surface area contributed by atoms with E-state index in [1.54, 1.807) is 12.4 Å². The first kappa shape index (κ1) is 10.1. The molecular formula is C11H14N2O2. The molecule has 0 aromatic carbocycles. The average molecular weight is 206 g/mol. The summed E-state index contributed by atoms with van der Waals surface area (Å²) in [6.45, 7) is 0. The van der Waals surface area contributed by atoms with Gasteiger partial charge in [0.25, 0.3) is 0 Å². The summed E-state index contributed by atoms with van der Waals surface area (Å²) in [5.41, 5.74) is 7.91. The summed E-state index contributed by atoms with van der Waals surface area (Å²) in [4.78, 5) is 14.6. The van der Waals surface area contributed by atoms with Crippen molar-refractivity contribution in [1.82, 2.24) is 4.98 Å². The Hall–Kier alpha value is -1.42. The zero-order chi connectivity index (χ0) is 10.8. The molecule has 0 radical (unpaired) electrons. The van der Waals surface area contributed by atoms with E-state index in [9.17, 15) is 4.79 Å². The molecule has 1 aliphatic carbocycles. The molecule has 1 aromatic rings. The minimum atomic E-state index is -0.867. The number of aromatic nitrogens is 1. The summed E-state index contributed by atoms with van der Waals surface area (Å²) in [6.07, 6.45) is 5.75. The van der Waals surface area contributed by atoms with Gasteiger partial charge in [-0.05, 0) is 36.0 Å². The van der Waals surface area contributed by atoms with E-state index in [-0.39, 0.29) is 6.42 Å². The number of nitrogens with two attached hydrogens (primary N) is 1. The number of hydrogen-bond acceptors (Lipinski definition) is 3. The highest BCUT2D eigenvalue weighted by atomic mass is 16.4. The summed E-state index contributed by atoms with van der Waals surface area (Å²) in [6, 6.07) is 1.51. The molecule has 0 amide bonds. The van der Waals surface area contributed by atoms with Gasteiger partial charge in [-0.25, -0.2) is 0 Å². The second-order valence-corrected chi connectivity index (χ2v) is 3.98. The largest absolute Gasteiger partial charge is 0.481 e. The van der Waals surface area contributed by atoms with Gasteiger partial charge in [-0.15, -0.1) is 0 Å².